The number of ether oxygens (including phenoxy) is 1. The molecule has 0 aliphatic carbocycles. The fraction of sp³-hybridized carbons (Fsp3) is 0.800. The molecule has 2 bridgehead atoms. The van der Waals surface area contributed by atoms with E-state index in [1.165, 1.54) is 36.4 Å². The molecular formula is C15H24N2OS. The number of hydrogen-bond donors (Lipinski definition) is 1. The van der Waals surface area contributed by atoms with Crippen LogP contribution in [0.1, 0.15) is 43.3 Å². The van der Waals surface area contributed by atoms with Crippen LogP contribution in [-0.4, -0.2) is 29.8 Å². The number of aryl methyl sites for hydroxylation is 1. The third-order valence-electron chi connectivity index (χ3n) is 4.42. The maximum Gasteiger partial charge on any atom is 0.0897 e. The van der Waals surface area contributed by atoms with Crippen LogP contribution in [0.5, 0.6) is 0 Å². The van der Waals surface area contributed by atoms with Gasteiger partial charge < -0.3 is 10.1 Å². The van der Waals surface area contributed by atoms with Crippen LogP contribution in [0.3, 0.4) is 0 Å². The number of nitrogens with zero attached hydrogens (tertiary/aromatic N) is 1. The van der Waals surface area contributed by atoms with Gasteiger partial charge in [-0.15, -0.1) is 11.3 Å². The van der Waals surface area contributed by atoms with Crippen molar-refractivity contribution >= 4 is 11.3 Å². The molecule has 4 atom stereocenters. The van der Waals surface area contributed by atoms with Crippen LogP contribution in [0.25, 0.3) is 0 Å². The molecule has 0 amide bonds. The van der Waals surface area contributed by atoms with Crippen molar-refractivity contribution in [3.8, 4) is 0 Å². The molecule has 3 heterocycles. The normalized spacial score (nSPS) is 30.9. The van der Waals surface area contributed by atoms with Crippen molar-refractivity contribution in [3.05, 3.63) is 16.1 Å². The Hall–Kier alpha value is -0.450. The van der Waals surface area contributed by atoms with Crippen molar-refractivity contribution in [3.63, 3.8) is 0 Å². The molecule has 2 aliphatic rings. The predicted octanol–water partition coefficient (Wildman–Crippen LogP) is 2.93. The monoisotopic (exact) mass is 280 g/mol. The van der Waals surface area contributed by atoms with Gasteiger partial charge in [0.05, 0.1) is 22.9 Å². The minimum atomic E-state index is 0.499. The highest BCUT2D eigenvalue weighted by Crippen LogP contribution is 2.41. The summed E-state index contributed by atoms with van der Waals surface area (Å²) in [6.07, 6.45) is 7.07. The van der Waals surface area contributed by atoms with E-state index < -0.39 is 0 Å². The number of rotatable bonds is 6. The molecule has 4 unspecified atom stereocenters. The summed E-state index contributed by atoms with van der Waals surface area (Å²) in [5, 5.41) is 7.13. The van der Waals surface area contributed by atoms with Crippen molar-refractivity contribution < 1.29 is 4.74 Å². The van der Waals surface area contributed by atoms with Crippen molar-refractivity contribution in [2.45, 2.75) is 64.2 Å². The largest absolute Gasteiger partial charge is 0.375 e. The SMILES string of the molecule is CCCNC(Cc1csc(C)n1)C1CC2CCC1O2. The summed E-state index contributed by atoms with van der Waals surface area (Å²) >= 11 is 1.76. The van der Waals surface area contributed by atoms with E-state index in [4.69, 9.17) is 4.74 Å². The Morgan fingerprint density at radius 1 is 1.53 bits per heavy atom. The van der Waals surface area contributed by atoms with Gasteiger partial charge in [0.2, 0.25) is 0 Å². The molecule has 0 radical (unpaired) electrons. The minimum Gasteiger partial charge on any atom is -0.375 e. The molecule has 0 saturated carbocycles. The molecule has 4 heteroatoms. The van der Waals surface area contributed by atoms with Gasteiger partial charge >= 0.3 is 0 Å². The summed E-state index contributed by atoms with van der Waals surface area (Å²) in [6, 6.07) is 0.539. The molecule has 0 aromatic carbocycles. The first-order valence-corrected chi connectivity index (χ1v) is 8.44. The Labute approximate surface area is 119 Å². The fourth-order valence-corrected chi connectivity index (χ4v) is 4.16. The number of nitrogens with one attached hydrogen (secondary N) is 1. The van der Waals surface area contributed by atoms with E-state index in [0.29, 0.717) is 24.2 Å². The van der Waals surface area contributed by atoms with Crippen LogP contribution in [0.15, 0.2) is 5.38 Å². The summed E-state index contributed by atoms with van der Waals surface area (Å²) in [5.41, 5.74) is 1.25. The Morgan fingerprint density at radius 3 is 3.00 bits per heavy atom. The third-order valence-corrected chi connectivity index (χ3v) is 5.24. The second-order valence-corrected chi connectivity index (χ2v) is 6.96. The van der Waals surface area contributed by atoms with Crippen LogP contribution >= 0.6 is 11.3 Å². The van der Waals surface area contributed by atoms with Gasteiger partial charge in [-0.3, -0.25) is 0 Å². The van der Waals surface area contributed by atoms with Gasteiger partial charge in [-0.25, -0.2) is 4.98 Å². The molecule has 0 spiro atoms. The maximum absolute atomic E-state index is 6.03. The number of fused-ring (bicyclic) bond motifs is 2. The van der Waals surface area contributed by atoms with Gasteiger partial charge in [-0.05, 0) is 39.2 Å². The molecular weight excluding hydrogens is 256 g/mol. The van der Waals surface area contributed by atoms with Gasteiger partial charge in [-0.2, -0.15) is 0 Å². The van der Waals surface area contributed by atoms with E-state index in [0.717, 1.165) is 13.0 Å². The summed E-state index contributed by atoms with van der Waals surface area (Å²) < 4.78 is 6.03. The Bertz CT molecular complexity index is 420. The summed E-state index contributed by atoms with van der Waals surface area (Å²) in [5.74, 6) is 0.687. The van der Waals surface area contributed by atoms with Crippen molar-refractivity contribution in [2.24, 2.45) is 5.92 Å². The van der Waals surface area contributed by atoms with E-state index >= 15 is 0 Å². The van der Waals surface area contributed by atoms with Crippen LogP contribution in [-0.2, 0) is 11.2 Å². The molecule has 1 N–H and O–H groups in total. The number of thiazole rings is 1. The zero-order valence-electron chi connectivity index (χ0n) is 11.9. The first-order valence-electron chi connectivity index (χ1n) is 7.56. The second kappa shape index (κ2) is 5.90. The third kappa shape index (κ3) is 3.01. The molecule has 3 rings (SSSR count). The fourth-order valence-electron chi connectivity index (χ4n) is 3.53. The molecule has 2 aliphatic heterocycles. The number of hydrogen-bond acceptors (Lipinski definition) is 4. The molecule has 1 aromatic rings. The summed E-state index contributed by atoms with van der Waals surface area (Å²) in [4.78, 5) is 4.63. The standard InChI is InChI=1S/C15H24N2OS/c1-3-6-16-14(7-11-9-19-10(2)17-11)13-8-12-4-5-15(13)18-12/h9,12-16H,3-8H2,1-2H3. The maximum atomic E-state index is 6.03. The highest BCUT2D eigenvalue weighted by molar-refractivity contribution is 7.09. The lowest BCUT2D eigenvalue weighted by atomic mass is 9.82. The average molecular weight is 280 g/mol. The Morgan fingerprint density at radius 2 is 2.42 bits per heavy atom. The zero-order valence-corrected chi connectivity index (χ0v) is 12.7. The molecule has 106 valence electrons. The smallest absolute Gasteiger partial charge is 0.0897 e. The van der Waals surface area contributed by atoms with Crippen molar-refractivity contribution in [2.75, 3.05) is 6.54 Å². The van der Waals surface area contributed by atoms with E-state index in [2.05, 4.69) is 29.5 Å². The molecule has 19 heavy (non-hydrogen) atoms. The quantitative estimate of drug-likeness (QED) is 0.870. The van der Waals surface area contributed by atoms with Gasteiger partial charge in [0, 0.05) is 23.8 Å². The van der Waals surface area contributed by atoms with Crippen LogP contribution < -0.4 is 5.32 Å². The second-order valence-electron chi connectivity index (χ2n) is 5.90. The zero-order chi connectivity index (χ0) is 13.2. The number of aromatic nitrogens is 1. The lowest BCUT2D eigenvalue weighted by Crippen LogP contribution is -2.42. The van der Waals surface area contributed by atoms with Gasteiger partial charge in [-0.1, -0.05) is 6.92 Å². The van der Waals surface area contributed by atoms with Gasteiger partial charge in [0.25, 0.3) is 0 Å². The van der Waals surface area contributed by atoms with E-state index in [1.807, 2.05) is 0 Å². The summed E-state index contributed by atoms with van der Waals surface area (Å²) in [6.45, 7) is 5.42. The molecule has 2 saturated heterocycles. The minimum absolute atomic E-state index is 0.499. The first-order chi connectivity index (χ1) is 9.26. The lowest BCUT2D eigenvalue weighted by Gasteiger charge is -2.29. The first kappa shape index (κ1) is 13.5. The molecule has 2 fully saturated rings. The van der Waals surface area contributed by atoms with Crippen LogP contribution in [0.4, 0.5) is 0 Å². The van der Waals surface area contributed by atoms with E-state index in [-0.39, 0.29) is 0 Å². The average Bonchev–Trinajstić information content (AvgIpc) is 3.10. The predicted molar refractivity (Wildman–Crippen MR) is 78.6 cm³/mol. The lowest BCUT2D eigenvalue weighted by molar-refractivity contribution is 0.0856. The highest BCUT2D eigenvalue weighted by Gasteiger charge is 2.44. The topological polar surface area (TPSA) is 34.2 Å². The van der Waals surface area contributed by atoms with Crippen molar-refractivity contribution in [1.29, 1.82) is 0 Å². The summed E-state index contributed by atoms with van der Waals surface area (Å²) in [7, 11) is 0. The van der Waals surface area contributed by atoms with Gasteiger partial charge in [0.1, 0.15) is 0 Å². The Kier molecular flexibility index (Phi) is 4.20. The highest BCUT2D eigenvalue weighted by atomic mass is 32.1. The van der Waals surface area contributed by atoms with Crippen molar-refractivity contribution in [1.82, 2.24) is 10.3 Å². The van der Waals surface area contributed by atoms with E-state index in [1.54, 1.807) is 11.3 Å². The van der Waals surface area contributed by atoms with E-state index in [9.17, 15) is 0 Å². The van der Waals surface area contributed by atoms with Crippen LogP contribution in [0, 0.1) is 12.8 Å². The molecule has 3 nitrogen and oxygen atoms in total. The molecule has 1 aromatic heterocycles. The Balaban J connectivity index is 1.66. The van der Waals surface area contributed by atoms with Gasteiger partial charge in [0.15, 0.2) is 0 Å². The van der Waals surface area contributed by atoms with Crippen LogP contribution in [0.2, 0.25) is 0 Å².